The molecule has 28 heavy (non-hydrogen) atoms. The van der Waals surface area contributed by atoms with Gasteiger partial charge in [-0.25, -0.2) is 4.79 Å². The minimum absolute atomic E-state index is 0.113. The molecule has 0 aliphatic heterocycles. The molecule has 0 spiro atoms. The molecule has 154 valence electrons. The molecule has 1 aromatic heterocycles. The number of hydrogen-bond acceptors (Lipinski definition) is 3. The van der Waals surface area contributed by atoms with Crippen LogP contribution in [0.4, 0.5) is 0 Å². The Bertz CT molecular complexity index is 800. The zero-order chi connectivity index (χ0) is 19.7. The van der Waals surface area contributed by atoms with Gasteiger partial charge in [-0.3, -0.25) is 0 Å². The zero-order valence-electron chi connectivity index (χ0n) is 17.1. The lowest BCUT2D eigenvalue weighted by atomic mass is 9.43. The molecule has 1 N–H and O–H groups in total. The molecule has 4 heteroatoms. The van der Waals surface area contributed by atoms with E-state index in [4.69, 9.17) is 4.42 Å². The van der Waals surface area contributed by atoms with Crippen molar-refractivity contribution in [2.45, 2.75) is 87.1 Å². The maximum atomic E-state index is 12.2. The number of halogens is 1. The van der Waals surface area contributed by atoms with Gasteiger partial charge < -0.3 is 9.52 Å². The highest BCUT2D eigenvalue weighted by atomic mass is 127. The van der Waals surface area contributed by atoms with Crippen molar-refractivity contribution in [3.8, 4) is 0 Å². The van der Waals surface area contributed by atoms with Crippen LogP contribution in [0.25, 0.3) is 0 Å². The van der Waals surface area contributed by atoms with Crippen LogP contribution in [0.3, 0.4) is 0 Å². The van der Waals surface area contributed by atoms with Gasteiger partial charge in [0, 0.05) is 15.4 Å². The number of fused-ring (bicyclic) bond motifs is 5. The molecule has 1 aromatic rings. The molecule has 4 fully saturated rings. The quantitative estimate of drug-likeness (QED) is 0.402. The average Bonchev–Trinajstić information content (AvgIpc) is 2.95. The smallest absolute Gasteiger partial charge is 0.335 e. The summed E-state index contributed by atoms with van der Waals surface area (Å²) in [6.07, 6.45) is 12.4. The number of aliphatic hydroxyl groups is 1. The lowest BCUT2D eigenvalue weighted by Crippen LogP contribution is -2.61. The molecule has 0 radical (unpaired) electrons. The molecule has 0 saturated heterocycles. The largest absolute Gasteiger partial charge is 0.431 e. The van der Waals surface area contributed by atoms with Gasteiger partial charge in [-0.15, -0.1) is 0 Å². The van der Waals surface area contributed by atoms with Gasteiger partial charge in [-0.1, -0.05) is 36.4 Å². The first-order valence-corrected chi connectivity index (χ1v) is 12.5. The summed E-state index contributed by atoms with van der Waals surface area (Å²) in [7, 11) is 0. The fraction of sp³-hybridized carbons (Fsp3) is 0.792. The first kappa shape index (κ1) is 19.6. The van der Waals surface area contributed by atoms with E-state index in [9.17, 15) is 9.90 Å². The molecule has 0 bridgehead atoms. The standard InChI is InChI=1S/C24H33IO3/c1-22-10-7-17(25)13-16(22)4-5-20-19(22)8-11-23(2)18(9-12-24(20,23)27)15-3-6-21(26)28-14-15/h3,6,14,16-20,27H,4-5,7-13H2,1-2H3/t16-,17+,18-,19+,20-,22+,23-,24+/m1/s1. The van der Waals surface area contributed by atoms with E-state index in [1.54, 1.807) is 6.26 Å². The molecule has 1 heterocycles. The third-order valence-corrected chi connectivity index (χ3v) is 11.0. The maximum absolute atomic E-state index is 12.2. The van der Waals surface area contributed by atoms with Gasteiger partial charge in [-0.05, 0) is 98.5 Å². The minimum atomic E-state index is -0.578. The fourth-order valence-electron chi connectivity index (χ4n) is 8.27. The van der Waals surface area contributed by atoms with Crippen LogP contribution in [0, 0.1) is 28.6 Å². The molecular weight excluding hydrogens is 463 g/mol. The van der Waals surface area contributed by atoms with Crippen LogP contribution < -0.4 is 5.63 Å². The second-order valence-corrected chi connectivity index (χ2v) is 12.5. The van der Waals surface area contributed by atoms with Crippen LogP contribution in [-0.4, -0.2) is 14.6 Å². The van der Waals surface area contributed by atoms with Crippen LogP contribution >= 0.6 is 22.6 Å². The molecule has 4 aliphatic rings. The topological polar surface area (TPSA) is 50.4 Å². The fourth-order valence-corrected chi connectivity index (χ4v) is 9.20. The summed E-state index contributed by atoms with van der Waals surface area (Å²) in [6.45, 7) is 4.88. The van der Waals surface area contributed by atoms with E-state index < -0.39 is 5.60 Å². The number of rotatable bonds is 1. The van der Waals surface area contributed by atoms with Gasteiger partial charge >= 0.3 is 5.63 Å². The van der Waals surface area contributed by atoms with Crippen molar-refractivity contribution >= 4 is 22.6 Å². The van der Waals surface area contributed by atoms with Crippen LogP contribution in [0.5, 0.6) is 0 Å². The van der Waals surface area contributed by atoms with E-state index >= 15 is 0 Å². The van der Waals surface area contributed by atoms with Crippen molar-refractivity contribution in [1.29, 1.82) is 0 Å². The summed E-state index contributed by atoms with van der Waals surface area (Å²) in [4.78, 5) is 11.4. The van der Waals surface area contributed by atoms with Gasteiger partial charge in [0.2, 0.25) is 0 Å². The lowest BCUT2D eigenvalue weighted by Gasteiger charge is -2.63. The van der Waals surface area contributed by atoms with Crippen molar-refractivity contribution in [2.75, 3.05) is 0 Å². The van der Waals surface area contributed by atoms with E-state index in [1.165, 1.54) is 44.6 Å². The first-order valence-electron chi connectivity index (χ1n) is 11.2. The third kappa shape index (κ3) is 2.58. The Morgan fingerprint density at radius 3 is 2.61 bits per heavy atom. The molecule has 0 unspecified atom stereocenters. The Morgan fingerprint density at radius 2 is 1.86 bits per heavy atom. The average molecular weight is 496 g/mol. The molecule has 0 amide bonds. The van der Waals surface area contributed by atoms with Crippen LogP contribution in [0.15, 0.2) is 27.6 Å². The van der Waals surface area contributed by atoms with Gasteiger partial charge in [0.25, 0.3) is 0 Å². The second kappa shape index (κ2) is 6.57. The Kier molecular flexibility index (Phi) is 4.60. The first-order chi connectivity index (χ1) is 13.3. The van der Waals surface area contributed by atoms with E-state index in [1.807, 2.05) is 6.07 Å². The molecule has 3 nitrogen and oxygen atoms in total. The lowest BCUT2D eigenvalue weighted by molar-refractivity contribution is -0.200. The zero-order valence-corrected chi connectivity index (χ0v) is 19.3. The van der Waals surface area contributed by atoms with Crippen molar-refractivity contribution in [2.24, 2.45) is 28.6 Å². The van der Waals surface area contributed by atoms with Crippen molar-refractivity contribution in [1.82, 2.24) is 0 Å². The van der Waals surface area contributed by atoms with E-state index in [0.29, 0.717) is 23.2 Å². The molecular formula is C24H33IO3. The Hall–Kier alpha value is -0.360. The van der Waals surface area contributed by atoms with E-state index in [0.717, 1.165) is 34.7 Å². The normalized spacial score (nSPS) is 50.5. The van der Waals surface area contributed by atoms with Gasteiger partial charge in [0.05, 0.1) is 11.9 Å². The van der Waals surface area contributed by atoms with Gasteiger partial charge in [0.1, 0.15) is 0 Å². The highest BCUT2D eigenvalue weighted by Gasteiger charge is 2.67. The monoisotopic (exact) mass is 496 g/mol. The number of hydrogen-bond donors (Lipinski definition) is 1. The SMILES string of the molecule is C[C@]12CC[C@H](I)C[C@H]1CC[C@@H]1[C@@H]2CC[C@]2(C)[C@@H](c3ccc(=O)oc3)CC[C@]12O. The van der Waals surface area contributed by atoms with Crippen molar-refractivity contribution < 1.29 is 9.52 Å². The molecule has 8 atom stereocenters. The Morgan fingerprint density at radius 1 is 1.04 bits per heavy atom. The Labute approximate surface area is 181 Å². The summed E-state index contributed by atoms with van der Waals surface area (Å²) in [6, 6.07) is 3.47. The third-order valence-electron chi connectivity index (χ3n) is 9.91. The molecule has 0 aromatic carbocycles. The molecule has 4 saturated carbocycles. The second-order valence-electron chi connectivity index (χ2n) is 10.7. The summed E-state index contributed by atoms with van der Waals surface area (Å²) < 4.78 is 6.03. The van der Waals surface area contributed by atoms with Crippen LogP contribution in [0.2, 0.25) is 0 Å². The highest BCUT2D eigenvalue weighted by molar-refractivity contribution is 14.1. The summed E-state index contributed by atoms with van der Waals surface area (Å²) >= 11 is 2.66. The highest BCUT2D eigenvalue weighted by Crippen LogP contribution is 2.70. The number of alkyl halides is 1. The van der Waals surface area contributed by atoms with E-state index in [2.05, 4.69) is 36.4 Å². The predicted molar refractivity (Wildman–Crippen MR) is 119 cm³/mol. The molecule has 5 rings (SSSR count). The summed E-state index contributed by atoms with van der Waals surface area (Å²) in [5, 5.41) is 12.2. The van der Waals surface area contributed by atoms with Crippen molar-refractivity contribution in [3.63, 3.8) is 0 Å². The maximum Gasteiger partial charge on any atom is 0.335 e. The van der Waals surface area contributed by atoms with Crippen LogP contribution in [-0.2, 0) is 0 Å². The molecule has 4 aliphatic carbocycles. The van der Waals surface area contributed by atoms with Gasteiger partial charge in [-0.2, -0.15) is 0 Å². The predicted octanol–water partition coefficient (Wildman–Crippen LogP) is 5.68. The van der Waals surface area contributed by atoms with Crippen LogP contribution in [0.1, 0.15) is 83.1 Å². The summed E-state index contributed by atoms with van der Waals surface area (Å²) in [5.74, 6) is 2.23. The summed E-state index contributed by atoms with van der Waals surface area (Å²) in [5.41, 5.74) is 0.535. The van der Waals surface area contributed by atoms with E-state index in [-0.39, 0.29) is 11.0 Å². The van der Waals surface area contributed by atoms with Gasteiger partial charge in [0.15, 0.2) is 0 Å². The Balaban J connectivity index is 1.48. The van der Waals surface area contributed by atoms with Crippen molar-refractivity contribution in [3.05, 3.63) is 34.4 Å². The minimum Gasteiger partial charge on any atom is -0.431 e.